The van der Waals surface area contributed by atoms with Crippen molar-refractivity contribution in [3.05, 3.63) is 94.4 Å². The molecule has 0 saturated heterocycles. The number of aromatic nitrogens is 6. The lowest BCUT2D eigenvalue weighted by Gasteiger charge is -2.09. The maximum absolute atomic E-state index is 5.97. The van der Waals surface area contributed by atoms with Crippen LogP contribution in [0.15, 0.2) is 70.4 Å². The fraction of sp³-hybridized carbons (Fsp3) is 0.154. The topological polar surface area (TPSA) is 83.8 Å². The first-order valence-electron chi connectivity index (χ1n) is 10.7. The van der Waals surface area contributed by atoms with Crippen molar-refractivity contribution in [3.8, 4) is 23.8 Å². The van der Waals surface area contributed by atoms with Gasteiger partial charge in [0.05, 0.1) is 35.7 Å². The van der Waals surface area contributed by atoms with Crippen molar-refractivity contribution in [3.63, 3.8) is 0 Å². The van der Waals surface area contributed by atoms with Crippen LogP contribution in [0.1, 0.15) is 28.6 Å². The van der Waals surface area contributed by atoms with E-state index in [0.717, 1.165) is 28.2 Å². The second kappa shape index (κ2) is 8.04. The molecule has 0 atom stereocenters. The van der Waals surface area contributed by atoms with Crippen LogP contribution in [0.25, 0.3) is 22.7 Å². The minimum Gasteiger partial charge on any atom is -0.369 e. The highest BCUT2D eigenvalue weighted by atomic mass is 16.5. The van der Waals surface area contributed by atoms with Crippen LogP contribution in [0.3, 0.4) is 0 Å². The standard InChI is InChI=1S/C26H18N6O2/c1-3-18-9-10-21-20(12-18)26-29-28-24(15-33-14-19-7-5-4-6-8-19)31(26)13-22-25(27-16-32(21)22)23-11-17(2)30-34-23/h1,4-8,11-12,16H,13-15H2,2H3. The van der Waals surface area contributed by atoms with E-state index in [9.17, 15) is 0 Å². The molecule has 0 saturated carbocycles. The van der Waals surface area contributed by atoms with E-state index in [0.29, 0.717) is 48.4 Å². The predicted molar refractivity (Wildman–Crippen MR) is 124 cm³/mol. The predicted octanol–water partition coefficient (Wildman–Crippen LogP) is 3.77. The number of hydrogen-bond acceptors (Lipinski definition) is 6. The van der Waals surface area contributed by atoms with Gasteiger partial charge >= 0.3 is 0 Å². The summed E-state index contributed by atoms with van der Waals surface area (Å²) in [4.78, 5) is 4.62. The van der Waals surface area contributed by atoms with Gasteiger partial charge in [0, 0.05) is 6.07 Å². The van der Waals surface area contributed by atoms with Crippen LogP contribution >= 0.6 is 0 Å². The Morgan fingerprint density at radius 1 is 1.18 bits per heavy atom. The molecule has 34 heavy (non-hydrogen) atoms. The third-order valence-electron chi connectivity index (χ3n) is 5.70. The molecule has 164 valence electrons. The number of terminal acetylenes is 1. The highest BCUT2D eigenvalue weighted by molar-refractivity contribution is 5.99. The Morgan fingerprint density at radius 3 is 2.85 bits per heavy atom. The molecule has 2 aliphatic rings. The van der Waals surface area contributed by atoms with Crippen LogP contribution in [-0.4, -0.2) is 29.5 Å². The number of imidazole rings is 1. The average molecular weight is 446 g/mol. The van der Waals surface area contributed by atoms with E-state index in [1.165, 1.54) is 0 Å². The lowest BCUT2D eigenvalue weighted by Crippen LogP contribution is -2.10. The highest BCUT2D eigenvalue weighted by Gasteiger charge is 2.30. The smallest absolute Gasteiger partial charge is 0.187 e. The average Bonchev–Trinajstić information content (AvgIpc) is 3.57. The summed E-state index contributed by atoms with van der Waals surface area (Å²) in [5.74, 6) is 4.60. The number of rotatable bonds is 5. The molecule has 6 rings (SSSR count). The Hall–Kier alpha value is -4.66. The first kappa shape index (κ1) is 20.0. The van der Waals surface area contributed by atoms with Crippen molar-refractivity contribution in [1.29, 1.82) is 0 Å². The lowest BCUT2D eigenvalue weighted by atomic mass is 10.1. The monoisotopic (exact) mass is 446 g/mol. The zero-order valence-corrected chi connectivity index (χ0v) is 18.3. The molecule has 8 nitrogen and oxygen atoms in total. The van der Waals surface area contributed by atoms with Gasteiger partial charge < -0.3 is 13.8 Å². The van der Waals surface area contributed by atoms with Crippen molar-refractivity contribution < 1.29 is 9.26 Å². The summed E-state index contributed by atoms with van der Waals surface area (Å²) >= 11 is 0. The van der Waals surface area contributed by atoms with Crippen LogP contribution in [-0.2, 0) is 24.5 Å². The van der Waals surface area contributed by atoms with Crippen LogP contribution in [0.2, 0.25) is 0 Å². The van der Waals surface area contributed by atoms with Crippen molar-refractivity contribution in [2.45, 2.75) is 26.7 Å². The van der Waals surface area contributed by atoms with E-state index in [-0.39, 0.29) is 0 Å². The van der Waals surface area contributed by atoms with E-state index >= 15 is 0 Å². The quantitative estimate of drug-likeness (QED) is 0.343. The molecule has 0 amide bonds. The molecule has 0 radical (unpaired) electrons. The minimum atomic E-state index is 0.298. The molecular formula is C26H18N6O2. The number of nitrogens with zero attached hydrogens (tertiary/aromatic N) is 6. The van der Waals surface area contributed by atoms with Crippen molar-refractivity contribution >= 4 is 11.3 Å². The molecule has 0 fully saturated rings. The summed E-state index contributed by atoms with van der Waals surface area (Å²) in [6, 6.07) is 11.9. The third-order valence-corrected chi connectivity index (χ3v) is 5.70. The van der Waals surface area contributed by atoms with Crippen molar-refractivity contribution in [2.24, 2.45) is 0 Å². The third kappa shape index (κ3) is 3.34. The Balaban J connectivity index is 1.44. The van der Waals surface area contributed by atoms with Crippen LogP contribution in [0, 0.1) is 19.3 Å². The number of benzene rings is 1. The van der Waals surface area contributed by atoms with E-state index in [1.54, 1.807) is 6.33 Å². The molecule has 0 unspecified atom stereocenters. The fourth-order valence-corrected chi connectivity index (χ4v) is 4.07. The van der Waals surface area contributed by atoms with Crippen LogP contribution < -0.4 is 0 Å². The summed E-state index contributed by atoms with van der Waals surface area (Å²) in [7, 11) is 0. The molecule has 4 heterocycles. The summed E-state index contributed by atoms with van der Waals surface area (Å²) in [6.07, 6.45) is 9.25. The van der Waals surface area contributed by atoms with Crippen LogP contribution in [0.4, 0.5) is 0 Å². The van der Waals surface area contributed by atoms with Gasteiger partial charge in [0.2, 0.25) is 0 Å². The number of hydrogen-bond donors (Lipinski definition) is 0. The van der Waals surface area contributed by atoms with Gasteiger partial charge in [0.25, 0.3) is 0 Å². The number of ether oxygens (including phenoxy) is 1. The molecule has 1 aromatic carbocycles. The zero-order chi connectivity index (χ0) is 23.1. The molecule has 0 N–H and O–H groups in total. The Morgan fingerprint density at radius 2 is 2.06 bits per heavy atom. The maximum Gasteiger partial charge on any atom is 0.187 e. The van der Waals surface area contributed by atoms with Crippen molar-refractivity contribution in [2.75, 3.05) is 0 Å². The largest absolute Gasteiger partial charge is 0.369 e. The Labute approximate surface area is 195 Å². The van der Waals surface area contributed by atoms with E-state index in [1.807, 2.05) is 58.5 Å². The van der Waals surface area contributed by atoms with Crippen LogP contribution in [0.5, 0.6) is 0 Å². The van der Waals surface area contributed by atoms with Gasteiger partial charge in [0.15, 0.2) is 17.4 Å². The molecule has 4 aromatic rings. The number of aryl methyl sites for hydroxylation is 1. The summed E-state index contributed by atoms with van der Waals surface area (Å²) in [5, 5.41) is 12.9. The van der Waals surface area contributed by atoms with E-state index < -0.39 is 0 Å². The molecule has 3 aromatic heterocycles. The maximum atomic E-state index is 5.97. The molecule has 1 aliphatic carbocycles. The minimum absolute atomic E-state index is 0.298. The van der Waals surface area contributed by atoms with Crippen molar-refractivity contribution in [1.82, 2.24) is 29.5 Å². The fourth-order valence-electron chi connectivity index (χ4n) is 4.07. The van der Waals surface area contributed by atoms with Gasteiger partial charge in [-0.1, -0.05) is 47.1 Å². The highest BCUT2D eigenvalue weighted by Crippen LogP contribution is 2.36. The van der Waals surface area contributed by atoms with Gasteiger partial charge in [-0.3, -0.25) is 4.57 Å². The number of fused-ring (bicyclic) bond motifs is 5. The summed E-state index contributed by atoms with van der Waals surface area (Å²) in [6.45, 7) is 3.10. The molecular weight excluding hydrogens is 428 g/mol. The van der Waals surface area contributed by atoms with Gasteiger partial charge in [-0.25, -0.2) is 4.98 Å². The summed E-state index contributed by atoms with van der Waals surface area (Å²) < 4.78 is 15.5. The molecule has 0 bridgehead atoms. The second-order valence-corrected chi connectivity index (χ2v) is 7.96. The first-order chi connectivity index (χ1) is 16.7. The molecule has 8 heteroatoms. The SMILES string of the molecule is C#CC1=C=C=C2C(=C1)c1nnc(COCc3ccccc3)n1Cc1c(-c3cc(C)no3)ncn12. The van der Waals surface area contributed by atoms with Gasteiger partial charge in [-0.05, 0) is 24.3 Å². The normalized spacial score (nSPS) is 13.7. The number of allylic oxidation sites excluding steroid dienone is 4. The van der Waals surface area contributed by atoms with Gasteiger partial charge in [-0.15, -0.1) is 16.6 Å². The van der Waals surface area contributed by atoms with Gasteiger partial charge in [0.1, 0.15) is 24.3 Å². The molecule has 0 spiro atoms. The first-order valence-corrected chi connectivity index (χ1v) is 10.7. The van der Waals surface area contributed by atoms with E-state index in [4.69, 9.17) is 15.7 Å². The Bertz CT molecular complexity index is 1600. The van der Waals surface area contributed by atoms with Gasteiger partial charge in [-0.2, -0.15) is 0 Å². The second-order valence-electron chi connectivity index (χ2n) is 7.96. The zero-order valence-electron chi connectivity index (χ0n) is 18.3. The molecule has 1 aliphatic heterocycles. The summed E-state index contributed by atoms with van der Waals surface area (Å²) in [5.41, 5.74) is 11.8. The lowest BCUT2D eigenvalue weighted by molar-refractivity contribution is 0.0993. The Kier molecular flexibility index (Phi) is 4.72. The van der Waals surface area contributed by atoms with E-state index in [2.05, 4.69) is 37.7 Å².